The van der Waals surface area contributed by atoms with Crippen molar-refractivity contribution in [2.24, 2.45) is 0 Å². The number of aryl methyl sites for hydroxylation is 2. The normalized spacial score (nSPS) is 11.1. The van der Waals surface area contributed by atoms with Crippen molar-refractivity contribution in [2.45, 2.75) is 13.8 Å². The summed E-state index contributed by atoms with van der Waals surface area (Å²) in [6, 6.07) is 14.5. The zero-order valence-corrected chi connectivity index (χ0v) is 11.2. The number of aromatic amines is 1. The Balaban J connectivity index is 2.26. The van der Waals surface area contributed by atoms with Crippen LogP contribution in [0.5, 0.6) is 0 Å². The van der Waals surface area contributed by atoms with E-state index in [1.165, 1.54) is 22.0 Å². The van der Waals surface area contributed by atoms with E-state index >= 15 is 0 Å². The molecule has 1 aromatic heterocycles. The van der Waals surface area contributed by atoms with Gasteiger partial charge in [0.05, 0.1) is 0 Å². The van der Waals surface area contributed by atoms with Gasteiger partial charge in [-0.25, -0.2) is 0 Å². The van der Waals surface area contributed by atoms with Gasteiger partial charge in [-0.3, -0.25) is 0 Å². The van der Waals surface area contributed by atoms with Crippen molar-refractivity contribution in [3.05, 3.63) is 58.6 Å². The molecule has 0 aliphatic carbocycles. The van der Waals surface area contributed by atoms with Crippen LogP contribution >= 0.6 is 11.6 Å². The minimum atomic E-state index is 0.776. The van der Waals surface area contributed by atoms with E-state index in [1.54, 1.807) is 0 Å². The zero-order valence-electron chi connectivity index (χ0n) is 10.4. The van der Waals surface area contributed by atoms with E-state index in [0.717, 1.165) is 16.3 Å². The van der Waals surface area contributed by atoms with Crippen LogP contribution in [-0.4, -0.2) is 4.98 Å². The van der Waals surface area contributed by atoms with E-state index in [2.05, 4.69) is 37.0 Å². The average Bonchev–Trinajstić information content (AvgIpc) is 2.73. The predicted octanol–water partition coefficient (Wildman–Crippen LogP) is 5.11. The van der Waals surface area contributed by atoms with Crippen molar-refractivity contribution in [1.29, 1.82) is 0 Å². The van der Waals surface area contributed by atoms with E-state index < -0.39 is 0 Å². The highest BCUT2D eigenvalue weighted by molar-refractivity contribution is 6.33. The monoisotopic (exact) mass is 255 g/mol. The number of nitrogens with one attached hydrogen (secondary N) is 1. The minimum absolute atomic E-state index is 0.776. The van der Waals surface area contributed by atoms with Crippen LogP contribution < -0.4 is 0 Å². The third-order valence-electron chi connectivity index (χ3n) is 3.23. The van der Waals surface area contributed by atoms with Crippen LogP contribution in [0.4, 0.5) is 0 Å². The second-order valence-corrected chi connectivity index (χ2v) is 5.12. The summed E-state index contributed by atoms with van der Waals surface area (Å²) in [7, 11) is 0. The zero-order chi connectivity index (χ0) is 12.7. The second-order valence-electron chi connectivity index (χ2n) is 4.71. The number of halogens is 1. The lowest BCUT2D eigenvalue weighted by atomic mass is 10.1. The maximum atomic E-state index is 6.24. The predicted molar refractivity (Wildman–Crippen MR) is 78.2 cm³/mol. The van der Waals surface area contributed by atoms with E-state index in [9.17, 15) is 0 Å². The molecule has 0 saturated carbocycles. The summed E-state index contributed by atoms with van der Waals surface area (Å²) in [6.45, 7) is 4.25. The van der Waals surface area contributed by atoms with Gasteiger partial charge < -0.3 is 4.98 Å². The van der Waals surface area contributed by atoms with Gasteiger partial charge in [0, 0.05) is 27.2 Å². The Bertz CT molecular complexity index is 725. The Morgan fingerprint density at radius 1 is 1.00 bits per heavy atom. The van der Waals surface area contributed by atoms with Crippen LogP contribution in [0.25, 0.3) is 22.2 Å². The Hall–Kier alpha value is -1.73. The number of benzene rings is 2. The first-order valence-corrected chi connectivity index (χ1v) is 6.38. The topological polar surface area (TPSA) is 15.8 Å². The van der Waals surface area contributed by atoms with Gasteiger partial charge in [-0.15, -0.1) is 0 Å². The van der Waals surface area contributed by atoms with Crippen LogP contribution in [0.3, 0.4) is 0 Å². The number of fused-ring (bicyclic) bond motifs is 1. The molecule has 0 unspecified atom stereocenters. The van der Waals surface area contributed by atoms with Crippen molar-refractivity contribution in [3.63, 3.8) is 0 Å². The Kier molecular flexibility index (Phi) is 2.64. The van der Waals surface area contributed by atoms with Gasteiger partial charge in [-0.1, -0.05) is 41.4 Å². The maximum Gasteiger partial charge on any atom is 0.0499 e. The Morgan fingerprint density at radius 3 is 2.56 bits per heavy atom. The first kappa shape index (κ1) is 11.4. The largest absolute Gasteiger partial charge is 0.354 e. The number of H-pyrrole nitrogens is 1. The molecule has 0 spiro atoms. The molecule has 0 aliphatic heterocycles. The van der Waals surface area contributed by atoms with Crippen LogP contribution in [0.1, 0.15) is 11.1 Å². The van der Waals surface area contributed by atoms with Crippen molar-refractivity contribution < 1.29 is 0 Å². The van der Waals surface area contributed by atoms with Gasteiger partial charge in [-0.2, -0.15) is 0 Å². The summed E-state index contributed by atoms with van der Waals surface area (Å²) in [5.41, 5.74) is 5.86. The summed E-state index contributed by atoms with van der Waals surface area (Å²) >= 11 is 6.24. The van der Waals surface area contributed by atoms with Crippen molar-refractivity contribution in [2.75, 3.05) is 0 Å². The van der Waals surface area contributed by atoms with Crippen molar-refractivity contribution in [1.82, 2.24) is 4.98 Å². The fraction of sp³-hybridized carbons (Fsp3) is 0.125. The number of aromatic nitrogens is 1. The molecule has 2 heteroatoms. The molecule has 0 aliphatic rings. The lowest BCUT2D eigenvalue weighted by Crippen LogP contribution is -1.80. The molecule has 1 heterocycles. The standard InChI is InChI=1S/C16H14ClN/c1-10-7-11(2)16-12(8-10)9-15(18-16)13-5-3-4-6-14(13)17/h3-9,18H,1-2H3. The molecule has 18 heavy (non-hydrogen) atoms. The van der Waals surface area contributed by atoms with Gasteiger partial charge in [0.15, 0.2) is 0 Å². The lowest BCUT2D eigenvalue weighted by Gasteiger charge is -2.00. The Morgan fingerprint density at radius 2 is 1.78 bits per heavy atom. The van der Waals surface area contributed by atoms with Gasteiger partial charge in [0.1, 0.15) is 0 Å². The highest BCUT2D eigenvalue weighted by Gasteiger charge is 2.08. The Labute approximate surface area is 111 Å². The lowest BCUT2D eigenvalue weighted by molar-refractivity contribution is 1.38. The first-order chi connectivity index (χ1) is 8.65. The molecule has 3 rings (SSSR count). The van der Waals surface area contributed by atoms with E-state index in [1.807, 2.05) is 24.3 Å². The molecule has 1 N–H and O–H groups in total. The van der Waals surface area contributed by atoms with Crippen LogP contribution in [0.15, 0.2) is 42.5 Å². The number of rotatable bonds is 1. The fourth-order valence-electron chi connectivity index (χ4n) is 2.44. The number of hydrogen-bond donors (Lipinski definition) is 1. The molecule has 90 valence electrons. The summed E-state index contributed by atoms with van der Waals surface area (Å²) in [5, 5.41) is 2.01. The van der Waals surface area contributed by atoms with Crippen molar-refractivity contribution in [3.8, 4) is 11.3 Å². The van der Waals surface area contributed by atoms with E-state index in [0.29, 0.717) is 0 Å². The summed E-state index contributed by atoms with van der Waals surface area (Å²) < 4.78 is 0. The SMILES string of the molecule is Cc1cc(C)c2[nH]c(-c3ccccc3Cl)cc2c1. The molecule has 3 aromatic rings. The summed E-state index contributed by atoms with van der Waals surface area (Å²) in [5.74, 6) is 0. The molecule has 2 aromatic carbocycles. The maximum absolute atomic E-state index is 6.24. The van der Waals surface area contributed by atoms with Crippen molar-refractivity contribution >= 4 is 22.5 Å². The third kappa shape index (κ3) is 1.81. The highest BCUT2D eigenvalue weighted by Crippen LogP contribution is 2.31. The molecule has 0 saturated heterocycles. The second kappa shape index (κ2) is 4.18. The quantitative estimate of drug-likeness (QED) is 0.622. The molecule has 0 bridgehead atoms. The summed E-state index contributed by atoms with van der Waals surface area (Å²) in [4.78, 5) is 3.46. The molecule has 1 nitrogen and oxygen atoms in total. The third-order valence-corrected chi connectivity index (χ3v) is 3.56. The van der Waals surface area contributed by atoms with E-state index in [4.69, 9.17) is 11.6 Å². The van der Waals surface area contributed by atoms with Gasteiger partial charge in [0.2, 0.25) is 0 Å². The molecule has 0 fully saturated rings. The molecular weight excluding hydrogens is 242 g/mol. The van der Waals surface area contributed by atoms with E-state index in [-0.39, 0.29) is 0 Å². The minimum Gasteiger partial charge on any atom is -0.354 e. The fourth-order valence-corrected chi connectivity index (χ4v) is 2.67. The first-order valence-electron chi connectivity index (χ1n) is 6.00. The molecule has 0 amide bonds. The van der Waals surface area contributed by atoms with Crippen LogP contribution in [0, 0.1) is 13.8 Å². The number of hydrogen-bond acceptors (Lipinski definition) is 0. The van der Waals surface area contributed by atoms with Gasteiger partial charge in [0.25, 0.3) is 0 Å². The highest BCUT2D eigenvalue weighted by atomic mass is 35.5. The van der Waals surface area contributed by atoms with Gasteiger partial charge in [-0.05, 0) is 37.6 Å². The molecule has 0 radical (unpaired) electrons. The van der Waals surface area contributed by atoms with Crippen LogP contribution in [-0.2, 0) is 0 Å². The van der Waals surface area contributed by atoms with Gasteiger partial charge >= 0.3 is 0 Å². The molecule has 0 atom stereocenters. The average molecular weight is 256 g/mol. The molecular formula is C16H14ClN. The van der Waals surface area contributed by atoms with Crippen LogP contribution in [0.2, 0.25) is 5.02 Å². The smallest absolute Gasteiger partial charge is 0.0499 e. The summed E-state index contributed by atoms with van der Waals surface area (Å²) in [6.07, 6.45) is 0.